The van der Waals surface area contributed by atoms with Crippen LogP contribution in [0.5, 0.6) is 0 Å². The van der Waals surface area contributed by atoms with Gasteiger partial charge in [0.2, 0.25) is 0 Å². The number of benzene rings is 1. The lowest BCUT2D eigenvalue weighted by Crippen LogP contribution is -2.36. The van der Waals surface area contributed by atoms with Crippen molar-refractivity contribution in [3.05, 3.63) is 35.9 Å². The number of rotatable bonds is 5. The largest absolute Gasteiger partial charge is 0.388 e. The molecule has 1 aromatic carbocycles. The van der Waals surface area contributed by atoms with E-state index in [1.807, 2.05) is 30.3 Å². The SMILES string of the molecule is OC(CCCN1CCOCC1)c1ccccc1. The van der Waals surface area contributed by atoms with Crippen molar-refractivity contribution >= 4 is 0 Å². The Bertz CT molecular complexity index is 309. The van der Waals surface area contributed by atoms with Gasteiger partial charge in [-0.2, -0.15) is 0 Å². The third-order valence-corrected chi connectivity index (χ3v) is 3.24. The van der Waals surface area contributed by atoms with Gasteiger partial charge in [-0.3, -0.25) is 4.90 Å². The molecule has 17 heavy (non-hydrogen) atoms. The number of morpholine rings is 1. The van der Waals surface area contributed by atoms with Crippen LogP contribution < -0.4 is 0 Å². The molecule has 2 rings (SSSR count). The summed E-state index contributed by atoms with van der Waals surface area (Å²) < 4.78 is 5.31. The minimum absolute atomic E-state index is 0.322. The molecule has 1 heterocycles. The van der Waals surface area contributed by atoms with E-state index >= 15 is 0 Å². The van der Waals surface area contributed by atoms with Crippen LogP contribution in [0.3, 0.4) is 0 Å². The summed E-state index contributed by atoms with van der Waals surface area (Å²) in [7, 11) is 0. The van der Waals surface area contributed by atoms with Gasteiger partial charge in [0.1, 0.15) is 0 Å². The summed E-state index contributed by atoms with van der Waals surface area (Å²) in [4.78, 5) is 2.40. The molecular weight excluding hydrogens is 214 g/mol. The fraction of sp³-hybridized carbons (Fsp3) is 0.571. The Balaban J connectivity index is 1.67. The van der Waals surface area contributed by atoms with E-state index < -0.39 is 0 Å². The summed E-state index contributed by atoms with van der Waals surface area (Å²) >= 11 is 0. The molecule has 1 aromatic rings. The number of ether oxygens (including phenoxy) is 1. The van der Waals surface area contributed by atoms with Crippen molar-refractivity contribution in [2.45, 2.75) is 18.9 Å². The maximum Gasteiger partial charge on any atom is 0.0790 e. The van der Waals surface area contributed by atoms with Crippen molar-refractivity contribution in [1.29, 1.82) is 0 Å². The van der Waals surface area contributed by atoms with Crippen LogP contribution >= 0.6 is 0 Å². The average Bonchev–Trinajstić information content (AvgIpc) is 2.41. The molecule has 0 spiro atoms. The predicted molar refractivity (Wildman–Crippen MR) is 67.9 cm³/mol. The number of hydrogen-bond acceptors (Lipinski definition) is 3. The first-order valence-electron chi connectivity index (χ1n) is 6.39. The predicted octanol–water partition coefficient (Wildman–Crippen LogP) is 1.83. The van der Waals surface area contributed by atoms with Crippen LogP contribution in [0.2, 0.25) is 0 Å². The Kier molecular flexibility index (Phi) is 4.98. The van der Waals surface area contributed by atoms with Crippen molar-refractivity contribution < 1.29 is 9.84 Å². The number of aliphatic hydroxyl groups excluding tert-OH is 1. The Morgan fingerprint density at radius 3 is 2.59 bits per heavy atom. The molecule has 0 bridgehead atoms. The highest BCUT2D eigenvalue weighted by atomic mass is 16.5. The molecule has 3 nitrogen and oxygen atoms in total. The van der Waals surface area contributed by atoms with Crippen molar-refractivity contribution in [3.63, 3.8) is 0 Å². The van der Waals surface area contributed by atoms with E-state index in [2.05, 4.69) is 4.90 Å². The fourth-order valence-electron chi connectivity index (χ4n) is 2.17. The monoisotopic (exact) mass is 235 g/mol. The molecule has 3 heteroatoms. The van der Waals surface area contributed by atoms with Crippen LogP contribution in [0.25, 0.3) is 0 Å². The maximum atomic E-state index is 10.0. The summed E-state index contributed by atoms with van der Waals surface area (Å²) in [6.07, 6.45) is 1.55. The minimum Gasteiger partial charge on any atom is -0.388 e. The van der Waals surface area contributed by atoms with Crippen LogP contribution in [0.15, 0.2) is 30.3 Å². The lowest BCUT2D eigenvalue weighted by Gasteiger charge is -2.26. The molecule has 1 saturated heterocycles. The van der Waals surface area contributed by atoms with Gasteiger partial charge in [-0.1, -0.05) is 30.3 Å². The zero-order chi connectivity index (χ0) is 11.9. The highest BCUT2D eigenvalue weighted by Crippen LogP contribution is 2.17. The highest BCUT2D eigenvalue weighted by Gasteiger charge is 2.11. The molecule has 0 saturated carbocycles. The molecule has 0 aromatic heterocycles. The third kappa shape index (κ3) is 4.11. The standard InChI is InChI=1S/C14H21NO2/c16-14(13-5-2-1-3-6-13)7-4-8-15-9-11-17-12-10-15/h1-3,5-6,14,16H,4,7-12H2. The van der Waals surface area contributed by atoms with Gasteiger partial charge >= 0.3 is 0 Å². The van der Waals surface area contributed by atoms with Crippen molar-refractivity contribution in [2.75, 3.05) is 32.8 Å². The van der Waals surface area contributed by atoms with Crippen molar-refractivity contribution in [3.8, 4) is 0 Å². The van der Waals surface area contributed by atoms with E-state index in [1.165, 1.54) is 0 Å². The van der Waals surface area contributed by atoms with Crippen molar-refractivity contribution in [2.24, 2.45) is 0 Å². The van der Waals surface area contributed by atoms with Gasteiger partial charge < -0.3 is 9.84 Å². The smallest absolute Gasteiger partial charge is 0.0790 e. The van der Waals surface area contributed by atoms with E-state index in [-0.39, 0.29) is 6.10 Å². The molecule has 1 fully saturated rings. The molecule has 0 amide bonds. The van der Waals surface area contributed by atoms with E-state index in [0.29, 0.717) is 0 Å². The summed E-state index contributed by atoms with van der Waals surface area (Å²) in [6, 6.07) is 9.89. The number of nitrogens with zero attached hydrogens (tertiary/aromatic N) is 1. The molecule has 94 valence electrons. The first-order valence-corrected chi connectivity index (χ1v) is 6.39. The lowest BCUT2D eigenvalue weighted by atomic mass is 10.1. The Morgan fingerprint density at radius 1 is 1.18 bits per heavy atom. The normalized spacial score (nSPS) is 19.1. The van der Waals surface area contributed by atoms with E-state index in [9.17, 15) is 5.11 Å². The fourth-order valence-corrected chi connectivity index (χ4v) is 2.17. The topological polar surface area (TPSA) is 32.7 Å². The van der Waals surface area contributed by atoms with E-state index in [1.54, 1.807) is 0 Å². The van der Waals surface area contributed by atoms with Gasteiger partial charge in [0.15, 0.2) is 0 Å². The molecular formula is C14H21NO2. The summed E-state index contributed by atoms with van der Waals surface area (Å²) in [5.41, 5.74) is 1.02. The van der Waals surface area contributed by atoms with Gasteiger partial charge in [-0.15, -0.1) is 0 Å². The van der Waals surface area contributed by atoms with Crippen LogP contribution in [0.1, 0.15) is 24.5 Å². The van der Waals surface area contributed by atoms with Crippen LogP contribution in [-0.2, 0) is 4.74 Å². The van der Waals surface area contributed by atoms with Crippen molar-refractivity contribution in [1.82, 2.24) is 4.90 Å². The summed E-state index contributed by atoms with van der Waals surface area (Å²) in [5, 5.41) is 10.0. The summed E-state index contributed by atoms with van der Waals surface area (Å²) in [6.45, 7) is 4.82. The van der Waals surface area contributed by atoms with Gasteiger partial charge in [0, 0.05) is 13.1 Å². The quantitative estimate of drug-likeness (QED) is 0.845. The minimum atomic E-state index is -0.322. The Hall–Kier alpha value is -0.900. The molecule has 0 aliphatic carbocycles. The molecule has 1 aliphatic heterocycles. The molecule has 1 N–H and O–H groups in total. The second-order valence-corrected chi connectivity index (χ2v) is 4.52. The molecule has 1 aliphatic rings. The first-order chi connectivity index (χ1) is 8.36. The first kappa shape index (κ1) is 12.6. The highest BCUT2D eigenvalue weighted by molar-refractivity contribution is 5.16. The second kappa shape index (κ2) is 6.74. The average molecular weight is 235 g/mol. The van der Waals surface area contributed by atoms with Gasteiger partial charge in [-0.25, -0.2) is 0 Å². The Labute approximate surface area is 103 Å². The molecule has 1 atom stereocenters. The van der Waals surface area contributed by atoms with Gasteiger partial charge in [0.25, 0.3) is 0 Å². The zero-order valence-corrected chi connectivity index (χ0v) is 10.2. The van der Waals surface area contributed by atoms with Crippen LogP contribution in [0.4, 0.5) is 0 Å². The molecule has 1 unspecified atom stereocenters. The van der Waals surface area contributed by atoms with Crippen LogP contribution in [0, 0.1) is 0 Å². The maximum absolute atomic E-state index is 10.0. The Morgan fingerprint density at radius 2 is 1.88 bits per heavy atom. The summed E-state index contributed by atoms with van der Waals surface area (Å²) in [5.74, 6) is 0. The van der Waals surface area contributed by atoms with Crippen LogP contribution in [-0.4, -0.2) is 42.9 Å². The number of aliphatic hydroxyl groups is 1. The van der Waals surface area contributed by atoms with E-state index in [4.69, 9.17) is 4.74 Å². The van der Waals surface area contributed by atoms with E-state index in [0.717, 1.165) is 51.3 Å². The second-order valence-electron chi connectivity index (χ2n) is 4.52. The van der Waals surface area contributed by atoms with Gasteiger partial charge in [0.05, 0.1) is 19.3 Å². The number of hydrogen-bond donors (Lipinski definition) is 1. The molecule has 0 radical (unpaired) electrons. The van der Waals surface area contributed by atoms with Gasteiger partial charge in [-0.05, 0) is 24.9 Å². The zero-order valence-electron chi connectivity index (χ0n) is 10.2. The third-order valence-electron chi connectivity index (χ3n) is 3.24. The lowest BCUT2D eigenvalue weighted by molar-refractivity contribution is 0.0352.